The summed E-state index contributed by atoms with van der Waals surface area (Å²) in [6.45, 7) is 4.02. The van der Waals surface area contributed by atoms with Gasteiger partial charge in [-0.25, -0.2) is 0 Å². The second-order valence-electron chi connectivity index (χ2n) is 4.48. The summed E-state index contributed by atoms with van der Waals surface area (Å²) in [6.07, 6.45) is 1.48. The number of rotatable bonds is 6. The molecule has 5 heteroatoms. The Kier molecular flexibility index (Phi) is 5.21. The van der Waals surface area contributed by atoms with Gasteiger partial charge < -0.3 is 15.1 Å². The van der Waals surface area contributed by atoms with Crippen molar-refractivity contribution in [3.63, 3.8) is 0 Å². The molecule has 1 aromatic carbocycles. The first kappa shape index (κ1) is 14.6. The molecule has 4 nitrogen and oxygen atoms in total. The molecule has 1 amide bonds. The highest BCUT2D eigenvalue weighted by atomic mass is 35.5. The largest absolute Gasteiger partial charge is 0.459 e. The number of nitrogens with one attached hydrogen (secondary N) is 2. The minimum absolute atomic E-state index is 0.195. The van der Waals surface area contributed by atoms with Crippen LogP contribution in [0, 0.1) is 6.92 Å². The molecule has 0 unspecified atom stereocenters. The highest BCUT2D eigenvalue weighted by molar-refractivity contribution is 6.30. The van der Waals surface area contributed by atoms with Crippen molar-refractivity contribution in [2.45, 2.75) is 13.5 Å². The smallest absolute Gasteiger partial charge is 0.287 e. The Morgan fingerprint density at radius 1 is 1.30 bits per heavy atom. The fraction of sp³-hybridized carbons (Fsp3) is 0.267. The Hall–Kier alpha value is -1.78. The van der Waals surface area contributed by atoms with E-state index in [9.17, 15) is 4.79 Å². The van der Waals surface area contributed by atoms with Gasteiger partial charge in [0.2, 0.25) is 0 Å². The van der Waals surface area contributed by atoms with Gasteiger partial charge >= 0.3 is 0 Å². The van der Waals surface area contributed by atoms with Gasteiger partial charge in [0.25, 0.3) is 5.91 Å². The van der Waals surface area contributed by atoms with Crippen LogP contribution in [0.25, 0.3) is 0 Å². The van der Waals surface area contributed by atoms with Gasteiger partial charge in [0, 0.05) is 24.7 Å². The lowest BCUT2D eigenvalue weighted by atomic mass is 10.1. The molecular formula is C15H17ClN2O2. The van der Waals surface area contributed by atoms with Gasteiger partial charge in [-0.15, -0.1) is 0 Å². The average molecular weight is 293 g/mol. The lowest BCUT2D eigenvalue weighted by Gasteiger charge is -2.08. The zero-order chi connectivity index (χ0) is 14.4. The standard InChI is InChI=1S/C15H17ClN2O2/c1-11-9-13(16)5-4-12(11)10-17-6-7-18-15(19)14-3-2-8-20-14/h2-5,8-9,17H,6-7,10H2,1H3,(H,18,19). The average Bonchev–Trinajstić information content (AvgIpc) is 2.94. The summed E-state index contributed by atoms with van der Waals surface area (Å²) < 4.78 is 5.00. The summed E-state index contributed by atoms with van der Waals surface area (Å²) in [4.78, 5) is 11.6. The summed E-state index contributed by atoms with van der Waals surface area (Å²) in [5, 5.41) is 6.80. The number of furan rings is 1. The third-order valence-electron chi connectivity index (χ3n) is 2.95. The minimum Gasteiger partial charge on any atom is -0.459 e. The summed E-state index contributed by atoms with van der Waals surface area (Å²) in [5.41, 5.74) is 2.36. The van der Waals surface area contributed by atoms with Crippen molar-refractivity contribution in [2.24, 2.45) is 0 Å². The van der Waals surface area contributed by atoms with E-state index in [0.29, 0.717) is 18.8 Å². The topological polar surface area (TPSA) is 54.3 Å². The van der Waals surface area contributed by atoms with E-state index in [4.69, 9.17) is 16.0 Å². The second-order valence-corrected chi connectivity index (χ2v) is 4.92. The molecule has 0 atom stereocenters. The van der Waals surface area contributed by atoms with Crippen LogP contribution in [-0.2, 0) is 6.54 Å². The van der Waals surface area contributed by atoms with Crippen LogP contribution in [-0.4, -0.2) is 19.0 Å². The van der Waals surface area contributed by atoms with Crippen molar-refractivity contribution < 1.29 is 9.21 Å². The van der Waals surface area contributed by atoms with E-state index in [1.165, 1.54) is 11.8 Å². The van der Waals surface area contributed by atoms with E-state index >= 15 is 0 Å². The normalized spacial score (nSPS) is 10.5. The number of benzene rings is 1. The molecule has 0 saturated heterocycles. The van der Waals surface area contributed by atoms with Crippen LogP contribution in [0.1, 0.15) is 21.7 Å². The molecule has 1 heterocycles. The SMILES string of the molecule is Cc1cc(Cl)ccc1CNCCNC(=O)c1ccco1. The van der Waals surface area contributed by atoms with E-state index < -0.39 is 0 Å². The number of hydrogen-bond acceptors (Lipinski definition) is 3. The fourth-order valence-corrected chi connectivity index (χ4v) is 2.07. The first-order valence-electron chi connectivity index (χ1n) is 6.44. The predicted molar refractivity (Wildman–Crippen MR) is 78.9 cm³/mol. The zero-order valence-electron chi connectivity index (χ0n) is 11.3. The van der Waals surface area contributed by atoms with Crippen molar-refractivity contribution in [1.82, 2.24) is 10.6 Å². The van der Waals surface area contributed by atoms with Crippen molar-refractivity contribution in [3.8, 4) is 0 Å². The number of carbonyl (C=O) groups is 1. The summed E-state index contributed by atoms with van der Waals surface area (Å²) in [6, 6.07) is 9.16. The molecule has 0 aliphatic carbocycles. The number of carbonyl (C=O) groups excluding carboxylic acids is 1. The first-order valence-corrected chi connectivity index (χ1v) is 6.82. The van der Waals surface area contributed by atoms with Crippen molar-refractivity contribution in [2.75, 3.05) is 13.1 Å². The van der Waals surface area contributed by atoms with Crippen molar-refractivity contribution in [3.05, 3.63) is 58.5 Å². The third-order valence-corrected chi connectivity index (χ3v) is 3.19. The van der Waals surface area contributed by atoms with E-state index in [2.05, 4.69) is 10.6 Å². The highest BCUT2D eigenvalue weighted by Gasteiger charge is 2.06. The minimum atomic E-state index is -0.195. The van der Waals surface area contributed by atoms with Crippen LogP contribution in [0.15, 0.2) is 41.0 Å². The van der Waals surface area contributed by atoms with Crippen molar-refractivity contribution in [1.29, 1.82) is 0 Å². The maximum absolute atomic E-state index is 11.6. The molecule has 20 heavy (non-hydrogen) atoms. The fourth-order valence-electron chi connectivity index (χ4n) is 1.84. The molecule has 0 spiro atoms. The maximum atomic E-state index is 11.6. The van der Waals surface area contributed by atoms with Crippen LogP contribution in [0.5, 0.6) is 0 Å². The lowest BCUT2D eigenvalue weighted by Crippen LogP contribution is -2.31. The van der Waals surface area contributed by atoms with Gasteiger partial charge in [-0.3, -0.25) is 4.79 Å². The molecule has 0 saturated carbocycles. The van der Waals surface area contributed by atoms with Gasteiger partial charge in [0.15, 0.2) is 5.76 Å². The van der Waals surface area contributed by atoms with E-state index in [1.54, 1.807) is 12.1 Å². The van der Waals surface area contributed by atoms with Crippen LogP contribution < -0.4 is 10.6 Å². The molecule has 0 fully saturated rings. The monoisotopic (exact) mass is 292 g/mol. The molecule has 2 rings (SSSR count). The molecule has 2 N–H and O–H groups in total. The molecule has 2 aromatic rings. The molecule has 1 aromatic heterocycles. The Morgan fingerprint density at radius 2 is 2.15 bits per heavy atom. The molecule has 0 aliphatic rings. The Morgan fingerprint density at radius 3 is 2.85 bits per heavy atom. The van der Waals surface area contributed by atoms with Gasteiger partial charge in [-0.2, -0.15) is 0 Å². The van der Waals surface area contributed by atoms with Crippen LogP contribution in [0.4, 0.5) is 0 Å². The van der Waals surface area contributed by atoms with Gasteiger partial charge in [-0.1, -0.05) is 17.7 Å². The summed E-state index contributed by atoms with van der Waals surface area (Å²) in [5.74, 6) is 0.137. The molecular weight excluding hydrogens is 276 g/mol. The third kappa shape index (κ3) is 4.11. The quantitative estimate of drug-likeness (QED) is 0.805. The molecule has 106 valence electrons. The highest BCUT2D eigenvalue weighted by Crippen LogP contribution is 2.14. The van der Waals surface area contributed by atoms with Crippen LogP contribution in [0.3, 0.4) is 0 Å². The number of hydrogen-bond donors (Lipinski definition) is 2. The number of amides is 1. The van der Waals surface area contributed by atoms with Crippen LogP contribution >= 0.6 is 11.6 Å². The van der Waals surface area contributed by atoms with E-state index in [0.717, 1.165) is 17.1 Å². The van der Waals surface area contributed by atoms with Gasteiger partial charge in [0.1, 0.15) is 0 Å². The zero-order valence-corrected chi connectivity index (χ0v) is 12.0. The van der Waals surface area contributed by atoms with Crippen molar-refractivity contribution >= 4 is 17.5 Å². The van der Waals surface area contributed by atoms with Gasteiger partial charge in [-0.05, 0) is 42.3 Å². The molecule has 0 radical (unpaired) electrons. The molecule has 0 aliphatic heterocycles. The van der Waals surface area contributed by atoms with Crippen LogP contribution in [0.2, 0.25) is 5.02 Å². The Balaban J connectivity index is 1.68. The summed E-state index contributed by atoms with van der Waals surface area (Å²) >= 11 is 5.91. The van der Waals surface area contributed by atoms with E-state index in [-0.39, 0.29) is 5.91 Å². The second kappa shape index (κ2) is 7.12. The molecule has 0 bridgehead atoms. The Bertz CT molecular complexity index is 567. The van der Waals surface area contributed by atoms with Gasteiger partial charge in [0.05, 0.1) is 6.26 Å². The lowest BCUT2D eigenvalue weighted by molar-refractivity contribution is 0.0926. The maximum Gasteiger partial charge on any atom is 0.287 e. The number of aryl methyl sites for hydroxylation is 1. The predicted octanol–water partition coefficient (Wildman–Crippen LogP) is 2.76. The first-order chi connectivity index (χ1) is 9.66. The summed E-state index contributed by atoms with van der Waals surface area (Å²) in [7, 11) is 0. The van der Waals surface area contributed by atoms with E-state index in [1.807, 2.05) is 25.1 Å². The number of halogens is 1. The Labute approximate surface area is 123 Å².